The van der Waals surface area contributed by atoms with Crippen molar-refractivity contribution in [3.63, 3.8) is 0 Å². The van der Waals surface area contributed by atoms with Crippen molar-refractivity contribution in [2.75, 3.05) is 0 Å². The van der Waals surface area contributed by atoms with E-state index in [-0.39, 0.29) is 5.56 Å². The first kappa shape index (κ1) is 10.8. The average Bonchev–Trinajstić information content (AvgIpc) is 2.14. The molecule has 0 aliphatic rings. The van der Waals surface area contributed by atoms with E-state index < -0.39 is 17.4 Å². The molecule has 0 fully saturated rings. The highest BCUT2D eigenvalue weighted by atomic mass is 16.2. The molecule has 0 unspecified atom stereocenters. The third kappa shape index (κ3) is 2.83. The van der Waals surface area contributed by atoms with E-state index in [0.29, 0.717) is 5.69 Å². The van der Waals surface area contributed by atoms with Crippen LogP contribution < -0.4 is 22.0 Å². The molecule has 0 aromatic carbocycles. The van der Waals surface area contributed by atoms with Crippen LogP contribution in [0.1, 0.15) is 16.1 Å². The molecule has 15 heavy (non-hydrogen) atoms. The smallest absolute Gasteiger partial charge is 0.330 e. The molecule has 0 aliphatic carbocycles. The maximum atomic E-state index is 11.3. The van der Waals surface area contributed by atoms with Gasteiger partial charge in [0, 0.05) is 18.0 Å². The number of hydrogen-bond acceptors (Lipinski definition) is 3. The first-order valence-electron chi connectivity index (χ1n) is 4.06. The fraction of sp³-hybridized carbons (Fsp3) is 0.125. The van der Waals surface area contributed by atoms with Crippen LogP contribution in [0.2, 0.25) is 0 Å². The van der Waals surface area contributed by atoms with Gasteiger partial charge in [-0.1, -0.05) is 0 Å². The van der Waals surface area contributed by atoms with E-state index >= 15 is 0 Å². The van der Waals surface area contributed by atoms with Crippen LogP contribution in [-0.2, 0) is 0 Å². The van der Waals surface area contributed by atoms with Gasteiger partial charge in [-0.05, 0) is 6.92 Å². The van der Waals surface area contributed by atoms with Crippen LogP contribution in [-0.4, -0.2) is 16.9 Å². The largest absolute Gasteiger partial charge is 0.364 e. The minimum Gasteiger partial charge on any atom is -0.364 e. The lowest BCUT2D eigenvalue weighted by atomic mass is 10.2. The standard InChI is InChI=1S/C8H10N4O3/c1-4-2-6(13)5(3-10-4)7(14)11-12-8(9)15/h2-3H,1H3,(H,10,13)(H,11,14)(H3,9,12,15). The number of carbonyl (C=O) groups excluding carboxylic acids is 2. The van der Waals surface area contributed by atoms with Gasteiger partial charge in [-0.3, -0.25) is 15.0 Å². The molecule has 7 nitrogen and oxygen atoms in total. The van der Waals surface area contributed by atoms with Gasteiger partial charge in [-0.25, -0.2) is 10.2 Å². The predicted molar refractivity (Wildman–Crippen MR) is 52.0 cm³/mol. The maximum Gasteiger partial charge on any atom is 0.330 e. The van der Waals surface area contributed by atoms with Crippen LogP contribution in [0.15, 0.2) is 17.1 Å². The van der Waals surface area contributed by atoms with Crippen molar-refractivity contribution in [3.05, 3.63) is 33.7 Å². The summed E-state index contributed by atoms with van der Waals surface area (Å²) in [5.41, 5.74) is 8.68. The number of hydrazine groups is 1. The second-order valence-electron chi connectivity index (χ2n) is 2.84. The van der Waals surface area contributed by atoms with E-state index in [1.807, 2.05) is 10.9 Å². The molecule has 0 radical (unpaired) electrons. The summed E-state index contributed by atoms with van der Waals surface area (Å²) in [5.74, 6) is -0.727. The Morgan fingerprint density at radius 2 is 2.07 bits per heavy atom. The lowest BCUT2D eigenvalue weighted by molar-refractivity contribution is 0.0936. The number of carbonyl (C=O) groups is 2. The summed E-state index contributed by atoms with van der Waals surface area (Å²) < 4.78 is 0. The Kier molecular flexibility index (Phi) is 3.06. The number of primary amides is 1. The summed E-state index contributed by atoms with van der Waals surface area (Å²) in [5, 5.41) is 0. The second kappa shape index (κ2) is 4.27. The third-order valence-corrected chi connectivity index (χ3v) is 1.60. The molecule has 0 saturated carbocycles. The Morgan fingerprint density at radius 3 is 2.60 bits per heavy atom. The van der Waals surface area contributed by atoms with Crippen LogP contribution in [0.5, 0.6) is 0 Å². The van der Waals surface area contributed by atoms with Gasteiger partial charge in [-0.15, -0.1) is 0 Å². The third-order valence-electron chi connectivity index (χ3n) is 1.60. The minimum absolute atomic E-state index is 0.102. The summed E-state index contributed by atoms with van der Waals surface area (Å²) in [6.07, 6.45) is 1.26. The highest BCUT2D eigenvalue weighted by molar-refractivity contribution is 5.94. The van der Waals surface area contributed by atoms with E-state index in [1.54, 1.807) is 6.92 Å². The number of aromatic amines is 1. The molecule has 1 aromatic heterocycles. The minimum atomic E-state index is -0.910. The van der Waals surface area contributed by atoms with Gasteiger partial charge in [0.25, 0.3) is 5.91 Å². The first-order chi connectivity index (χ1) is 7.00. The van der Waals surface area contributed by atoms with Crippen LogP contribution in [0.3, 0.4) is 0 Å². The number of pyridine rings is 1. The van der Waals surface area contributed by atoms with E-state index in [0.717, 1.165) is 0 Å². The highest BCUT2D eigenvalue weighted by Crippen LogP contribution is 1.91. The van der Waals surface area contributed by atoms with Crippen LogP contribution in [0.4, 0.5) is 4.79 Å². The van der Waals surface area contributed by atoms with Gasteiger partial charge in [0.15, 0.2) is 5.43 Å². The fourth-order valence-electron chi connectivity index (χ4n) is 0.936. The Hall–Kier alpha value is -2.31. The van der Waals surface area contributed by atoms with Crippen LogP contribution in [0, 0.1) is 6.92 Å². The van der Waals surface area contributed by atoms with E-state index in [2.05, 4.69) is 4.98 Å². The molecule has 80 valence electrons. The molecule has 7 heteroatoms. The topological polar surface area (TPSA) is 117 Å². The number of H-pyrrole nitrogens is 1. The first-order valence-corrected chi connectivity index (χ1v) is 4.06. The molecule has 0 bridgehead atoms. The van der Waals surface area contributed by atoms with Gasteiger partial charge in [0.1, 0.15) is 5.56 Å². The number of aromatic nitrogens is 1. The molecule has 1 aromatic rings. The summed E-state index contributed by atoms with van der Waals surface area (Å²) in [7, 11) is 0. The van der Waals surface area contributed by atoms with E-state index in [4.69, 9.17) is 5.73 Å². The summed E-state index contributed by atoms with van der Waals surface area (Å²) >= 11 is 0. The molecule has 0 aliphatic heterocycles. The number of rotatable bonds is 1. The quantitative estimate of drug-likeness (QED) is 0.445. The summed E-state index contributed by atoms with van der Waals surface area (Å²) in [6.45, 7) is 1.69. The van der Waals surface area contributed by atoms with Crippen molar-refractivity contribution in [2.24, 2.45) is 5.73 Å². The normalized spacial score (nSPS) is 9.40. The SMILES string of the molecule is Cc1cc(=O)c(C(=O)NNC(N)=O)c[nH]1. The molecule has 0 atom stereocenters. The molecule has 5 N–H and O–H groups in total. The molecule has 1 heterocycles. The van der Waals surface area contributed by atoms with Crippen molar-refractivity contribution in [1.82, 2.24) is 15.8 Å². The highest BCUT2D eigenvalue weighted by Gasteiger charge is 2.09. The fourth-order valence-corrected chi connectivity index (χ4v) is 0.936. The second-order valence-corrected chi connectivity index (χ2v) is 2.84. The predicted octanol–water partition coefficient (Wildman–Crippen LogP) is -1.00. The number of amides is 3. The van der Waals surface area contributed by atoms with Crippen molar-refractivity contribution >= 4 is 11.9 Å². The number of hydrogen-bond donors (Lipinski definition) is 4. The summed E-state index contributed by atoms with van der Waals surface area (Å²) in [6, 6.07) is 0.367. The van der Waals surface area contributed by atoms with Crippen molar-refractivity contribution in [3.8, 4) is 0 Å². The van der Waals surface area contributed by atoms with E-state index in [9.17, 15) is 14.4 Å². The maximum absolute atomic E-state index is 11.3. The molecule has 3 amide bonds. The average molecular weight is 210 g/mol. The van der Waals surface area contributed by atoms with Crippen molar-refractivity contribution < 1.29 is 9.59 Å². The van der Waals surface area contributed by atoms with Crippen molar-refractivity contribution in [1.29, 1.82) is 0 Å². The molecule has 1 rings (SSSR count). The van der Waals surface area contributed by atoms with Gasteiger partial charge < -0.3 is 10.7 Å². The Balaban J connectivity index is 2.83. The zero-order valence-corrected chi connectivity index (χ0v) is 7.96. The zero-order valence-electron chi connectivity index (χ0n) is 7.96. The number of urea groups is 1. The molecule has 0 spiro atoms. The van der Waals surface area contributed by atoms with Crippen LogP contribution >= 0.6 is 0 Å². The number of aryl methyl sites for hydroxylation is 1. The molecular weight excluding hydrogens is 200 g/mol. The van der Waals surface area contributed by atoms with Gasteiger partial charge in [0.05, 0.1) is 0 Å². The van der Waals surface area contributed by atoms with Gasteiger partial charge in [-0.2, -0.15) is 0 Å². The monoisotopic (exact) mass is 210 g/mol. The lowest BCUT2D eigenvalue weighted by Gasteiger charge is -2.03. The summed E-state index contributed by atoms with van der Waals surface area (Å²) in [4.78, 5) is 35.6. The van der Waals surface area contributed by atoms with Gasteiger partial charge >= 0.3 is 6.03 Å². The van der Waals surface area contributed by atoms with Crippen LogP contribution in [0.25, 0.3) is 0 Å². The number of nitrogens with two attached hydrogens (primary N) is 1. The molecular formula is C8H10N4O3. The Labute approximate surface area is 84.6 Å². The lowest BCUT2D eigenvalue weighted by Crippen LogP contribution is -2.45. The zero-order chi connectivity index (χ0) is 11.4. The van der Waals surface area contributed by atoms with Crippen molar-refractivity contribution in [2.45, 2.75) is 6.92 Å². The van der Waals surface area contributed by atoms with Gasteiger partial charge in [0.2, 0.25) is 0 Å². The number of nitrogens with one attached hydrogen (secondary N) is 3. The van der Waals surface area contributed by atoms with E-state index in [1.165, 1.54) is 12.3 Å². The Morgan fingerprint density at radius 1 is 1.40 bits per heavy atom. The Bertz CT molecular complexity index is 451. The molecule has 0 saturated heterocycles.